The Morgan fingerprint density at radius 1 is 1.28 bits per heavy atom. The molecule has 0 bridgehead atoms. The monoisotopic (exact) mass is 270 g/mol. The largest absolute Gasteiger partial charge is 0.497 e. The van der Waals surface area contributed by atoms with Crippen LogP contribution in [0.4, 0.5) is 0 Å². The summed E-state index contributed by atoms with van der Waals surface area (Å²) in [6, 6.07) is 4.15. The second kappa shape index (κ2) is 7.54. The van der Waals surface area contributed by atoms with Gasteiger partial charge < -0.3 is 15.2 Å². The molecular formula is C14H23NO2S. The predicted molar refractivity (Wildman–Crippen MR) is 77.9 cm³/mol. The molecule has 1 aromatic rings. The molecule has 0 amide bonds. The Kier molecular flexibility index (Phi) is 6.36. The standard InChI is InChI=1S/C14H23NO2S/c1-5-6-18-13-9-12(16-3)8-11(7-10(2)15)14(13)17-4/h8-10H,5-7,15H2,1-4H3/i8+1. The van der Waals surface area contributed by atoms with E-state index in [-0.39, 0.29) is 6.04 Å². The topological polar surface area (TPSA) is 44.5 Å². The van der Waals surface area contributed by atoms with Crippen LogP contribution in [-0.2, 0) is 6.42 Å². The highest BCUT2D eigenvalue weighted by atomic mass is 32.2. The smallest absolute Gasteiger partial charge is 0.135 e. The highest BCUT2D eigenvalue weighted by molar-refractivity contribution is 7.99. The van der Waals surface area contributed by atoms with Crippen molar-refractivity contribution >= 4 is 11.8 Å². The number of hydrogen-bond donors (Lipinski definition) is 1. The molecule has 0 aliphatic heterocycles. The molecule has 0 aliphatic rings. The summed E-state index contributed by atoms with van der Waals surface area (Å²) in [5.41, 5.74) is 7.00. The van der Waals surface area contributed by atoms with Crippen molar-refractivity contribution in [2.45, 2.75) is 37.6 Å². The van der Waals surface area contributed by atoms with Gasteiger partial charge in [0.1, 0.15) is 11.5 Å². The lowest BCUT2D eigenvalue weighted by Gasteiger charge is -2.16. The van der Waals surface area contributed by atoms with E-state index in [1.54, 1.807) is 26.0 Å². The maximum Gasteiger partial charge on any atom is 0.135 e. The molecule has 0 saturated heterocycles. The molecule has 0 aromatic heterocycles. The summed E-state index contributed by atoms with van der Waals surface area (Å²) < 4.78 is 10.9. The second-order valence-electron chi connectivity index (χ2n) is 4.35. The van der Waals surface area contributed by atoms with Crippen LogP contribution in [-0.4, -0.2) is 26.0 Å². The van der Waals surface area contributed by atoms with Gasteiger partial charge in [-0.15, -0.1) is 11.8 Å². The van der Waals surface area contributed by atoms with E-state index in [0.29, 0.717) is 0 Å². The average Bonchev–Trinajstić information content (AvgIpc) is 2.34. The highest BCUT2D eigenvalue weighted by Gasteiger charge is 2.13. The van der Waals surface area contributed by atoms with E-state index in [4.69, 9.17) is 15.2 Å². The van der Waals surface area contributed by atoms with Crippen molar-refractivity contribution < 1.29 is 9.47 Å². The average molecular weight is 270 g/mol. The fourth-order valence-electron chi connectivity index (χ4n) is 1.80. The van der Waals surface area contributed by atoms with Gasteiger partial charge in [0.2, 0.25) is 0 Å². The summed E-state index contributed by atoms with van der Waals surface area (Å²) in [7, 11) is 3.40. The SMILES string of the molecule is CCCSc1cc(OC)[13cH]c(CC(C)N)c1OC. The maximum absolute atomic E-state index is 5.89. The summed E-state index contributed by atoms with van der Waals surface area (Å²) in [5.74, 6) is 2.87. The Balaban J connectivity index is 3.12. The third-order valence-electron chi connectivity index (χ3n) is 2.55. The van der Waals surface area contributed by atoms with Crippen LogP contribution in [0.25, 0.3) is 0 Å². The molecule has 1 unspecified atom stereocenters. The van der Waals surface area contributed by atoms with E-state index in [9.17, 15) is 0 Å². The Hall–Kier alpha value is -0.870. The van der Waals surface area contributed by atoms with Gasteiger partial charge in [0, 0.05) is 11.6 Å². The first-order chi connectivity index (χ1) is 8.62. The number of ether oxygens (including phenoxy) is 2. The van der Waals surface area contributed by atoms with Crippen molar-refractivity contribution in [2.75, 3.05) is 20.0 Å². The lowest BCUT2D eigenvalue weighted by atomic mass is 10.1. The number of thioether (sulfide) groups is 1. The van der Waals surface area contributed by atoms with Gasteiger partial charge in [0.15, 0.2) is 0 Å². The van der Waals surface area contributed by atoms with Crippen molar-refractivity contribution in [1.82, 2.24) is 0 Å². The Morgan fingerprint density at radius 2 is 2.00 bits per heavy atom. The van der Waals surface area contributed by atoms with E-state index in [0.717, 1.165) is 40.6 Å². The van der Waals surface area contributed by atoms with E-state index in [1.807, 2.05) is 19.1 Å². The molecule has 1 atom stereocenters. The first kappa shape index (κ1) is 15.2. The minimum absolute atomic E-state index is 0.107. The zero-order valence-electron chi connectivity index (χ0n) is 11.7. The molecule has 0 saturated carbocycles. The second-order valence-corrected chi connectivity index (χ2v) is 5.48. The third-order valence-corrected chi connectivity index (χ3v) is 3.78. The van der Waals surface area contributed by atoms with Crippen LogP contribution in [0.15, 0.2) is 17.0 Å². The fourth-order valence-corrected chi connectivity index (χ4v) is 2.77. The summed E-state index contributed by atoms with van der Waals surface area (Å²) in [6.45, 7) is 4.17. The third kappa shape index (κ3) is 4.10. The minimum Gasteiger partial charge on any atom is -0.497 e. The summed E-state index contributed by atoms with van der Waals surface area (Å²) in [6.07, 6.45) is 1.92. The fraction of sp³-hybridized carbons (Fsp3) is 0.571. The Bertz CT molecular complexity index is 380. The molecule has 3 nitrogen and oxygen atoms in total. The molecule has 0 heterocycles. The van der Waals surface area contributed by atoms with Gasteiger partial charge in [-0.25, -0.2) is 0 Å². The molecule has 1 aromatic carbocycles. The van der Waals surface area contributed by atoms with E-state index < -0.39 is 0 Å². The summed E-state index contributed by atoms with van der Waals surface area (Å²) >= 11 is 1.80. The van der Waals surface area contributed by atoms with Gasteiger partial charge in [-0.1, -0.05) is 6.92 Å². The normalized spacial score (nSPS) is 12.3. The molecule has 4 heteroatoms. The number of methoxy groups -OCH3 is 2. The van der Waals surface area contributed by atoms with E-state index in [1.165, 1.54) is 0 Å². The molecule has 18 heavy (non-hydrogen) atoms. The quantitative estimate of drug-likeness (QED) is 0.773. The molecule has 2 N–H and O–H groups in total. The van der Waals surface area contributed by atoms with Crippen LogP contribution < -0.4 is 15.2 Å². The molecule has 0 radical (unpaired) electrons. The van der Waals surface area contributed by atoms with Crippen LogP contribution in [0, 0.1) is 0 Å². The van der Waals surface area contributed by atoms with Crippen LogP contribution >= 0.6 is 11.8 Å². The minimum atomic E-state index is 0.107. The van der Waals surface area contributed by atoms with Crippen molar-refractivity contribution in [3.05, 3.63) is 17.7 Å². The van der Waals surface area contributed by atoms with Crippen LogP contribution in [0.3, 0.4) is 0 Å². The molecular weight excluding hydrogens is 247 g/mol. The van der Waals surface area contributed by atoms with E-state index in [2.05, 4.69) is 6.92 Å². The number of benzene rings is 1. The number of hydrogen-bond acceptors (Lipinski definition) is 4. The van der Waals surface area contributed by atoms with Crippen LogP contribution in [0.1, 0.15) is 25.8 Å². The molecule has 1 rings (SSSR count). The molecule has 0 spiro atoms. The zero-order valence-corrected chi connectivity index (χ0v) is 12.5. The van der Waals surface area contributed by atoms with Crippen LogP contribution in [0.5, 0.6) is 11.5 Å². The zero-order chi connectivity index (χ0) is 13.5. The summed E-state index contributed by atoms with van der Waals surface area (Å²) in [4.78, 5) is 1.13. The van der Waals surface area contributed by atoms with Gasteiger partial charge in [-0.05, 0) is 37.7 Å². The Morgan fingerprint density at radius 3 is 2.50 bits per heavy atom. The van der Waals surface area contributed by atoms with Crippen molar-refractivity contribution in [3.8, 4) is 11.5 Å². The lowest BCUT2D eigenvalue weighted by molar-refractivity contribution is 0.388. The van der Waals surface area contributed by atoms with Gasteiger partial charge in [-0.2, -0.15) is 0 Å². The van der Waals surface area contributed by atoms with E-state index >= 15 is 0 Å². The number of rotatable bonds is 7. The number of nitrogens with two attached hydrogens (primary N) is 1. The van der Waals surface area contributed by atoms with Gasteiger partial charge in [0.25, 0.3) is 0 Å². The molecule has 0 aliphatic carbocycles. The van der Waals surface area contributed by atoms with Crippen LogP contribution in [0.2, 0.25) is 0 Å². The first-order valence-corrected chi connectivity index (χ1v) is 7.24. The van der Waals surface area contributed by atoms with Crippen molar-refractivity contribution in [3.63, 3.8) is 0 Å². The first-order valence-electron chi connectivity index (χ1n) is 6.25. The molecule has 102 valence electrons. The molecule has 0 fully saturated rings. The predicted octanol–water partition coefficient (Wildman–Crippen LogP) is 3.10. The van der Waals surface area contributed by atoms with Gasteiger partial charge in [0.05, 0.1) is 19.1 Å². The highest BCUT2D eigenvalue weighted by Crippen LogP contribution is 2.37. The maximum atomic E-state index is 5.89. The van der Waals surface area contributed by atoms with Gasteiger partial charge in [-0.3, -0.25) is 0 Å². The lowest BCUT2D eigenvalue weighted by Crippen LogP contribution is -2.18. The van der Waals surface area contributed by atoms with Crippen molar-refractivity contribution in [2.24, 2.45) is 5.73 Å². The van der Waals surface area contributed by atoms with Crippen molar-refractivity contribution in [1.29, 1.82) is 0 Å². The van der Waals surface area contributed by atoms with Gasteiger partial charge >= 0.3 is 0 Å². The Labute approximate surface area is 114 Å². The summed E-state index contributed by atoms with van der Waals surface area (Å²) in [5, 5.41) is 0.